The lowest BCUT2D eigenvalue weighted by atomic mass is 10.3. The molecule has 1 aromatic carbocycles. The summed E-state index contributed by atoms with van der Waals surface area (Å²) in [5.41, 5.74) is -0.465. The minimum atomic E-state index is -3.67. The van der Waals surface area contributed by atoms with Crippen LogP contribution >= 0.6 is 0 Å². The van der Waals surface area contributed by atoms with Gasteiger partial charge in [-0.1, -0.05) is 19.9 Å². The number of hydrogen-bond acceptors (Lipinski definition) is 6. The predicted octanol–water partition coefficient (Wildman–Crippen LogP) is 1.87. The average molecular weight is 395 g/mol. The molecule has 2 rings (SSSR count). The van der Waals surface area contributed by atoms with Gasteiger partial charge in [0.2, 0.25) is 10.0 Å². The zero-order valence-corrected chi connectivity index (χ0v) is 15.9. The maximum Gasteiger partial charge on any atom is 0.273 e. The molecule has 0 aliphatic rings. The average Bonchev–Trinajstić information content (AvgIpc) is 2.64. The zero-order chi connectivity index (χ0) is 20.0. The van der Waals surface area contributed by atoms with Crippen LogP contribution < -0.4 is 10.3 Å². The van der Waals surface area contributed by atoms with E-state index in [1.807, 2.05) is 0 Å². The topological polar surface area (TPSA) is 112 Å². The fourth-order valence-corrected chi connectivity index (χ4v) is 3.98. The molecule has 2 aromatic rings. The van der Waals surface area contributed by atoms with E-state index in [1.165, 1.54) is 45.4 Å². The molecule has 0 N–H and O–H groups in total. The van der Waals surface area contributed by atoms with Crippen LogP contribution in [0.25, 0.3) is 0 Å². The third-order valence-corrected chi connectivity index (χ3v) is 5.96. The summed E-state index contributed by atoms with van der Waals surface area (Å²) in [6.07, 6.45) is 1.28. The second-order valence-corrected chi connectivity index (χ2v) is 7.53. The molecule has 1 aromatic heterocycles. The Morgan fingerprint density at radius 2 is 1.89 bits per heavy atom. The van der Waals surface area contributed by atoms with Crippen LogP contribution in [0.2, 0.25) is 0 Å². The van der Waals surface area contributed by atoms with Crippen LogP contribution in [0.15, 0.2) is 52.3 Å². The third-order valence-electron chi connectivity index (χ3n) is 3.93. The van der Waals surface area contributed by atoms with Gasteiger partial charge in [-0.2, -0.15) is 4.31 Å². The van der Waals surface area contributed by atoms with Gasteiger partial charge < -0.3 is 9.30 Å². The van der Waals surface area contributed by atoms with Crippen molar-refractivity contribution in [3.8, 4) is 5.75 Å². The highest BCUT2D eigenvalue weighted by Crippen LogP contribution is 2.19. The van der Waals surface area contributed by atoms with E-state index >= 15 is 0 Å². The molecule has 10 heteroatoms. The molecule has 146 valence electrons. The Morgan fingerprint density at radius 3 is 2.52 bits per heavy atom. The van der Waals surface area contributed by atoms with Crippen molar-refractivity contribution in [2.75, 3.05) is 19.7 Å². The van der Waals surface area contributed by atoms with Crippen LogP contribution in [0.3, 0.4) is 0 Å². The molecule has 0 amide bonds. The summed E-state index contributed by atoms with van der Waals surface area (Å²) < 4.78 is 33.1. The highest BCUT2D eigenvalue weighted by Gasteiger charge is 2.22. The Hall–Kier alpha value is -2.72. The number of pyridine rings is 1. The molecule has 27 heavy (non-hydrogen) atoms. The third kappa shape index (κ3) is 4.92. The lowest BCUT2D eigenvalue weighted by molar-refractivity contribution is -0.384. The van der Waals surface area contributed by atoms with Crippen LogP contribution in [0.1, 0.15) is 13.8 Å². The van der Waals surface area contributed by atoms with Crippen LogP contribution in [0, 0.1) is 10.1 Å². The van der Waals surface area contributed by atoms with Gasteiger partial charge in [0.25, 0.3) is 11.2 Å². The van der Waals surface area contributed by atoms with Crippen LogP contribution in [-0.4, -0.2) is 41.9 Å². The van der Waals surface area contributed by atoms with Crippen molar-refractivity contribution >= 4 is 15.7 Å². The van der Waals surface area contributed by atoms with Crippen molar-refractivity contribution in [2.24, 2.45) is 0 Å². The molecule has 0 atom stereocenters. The van der Waals surface area contributed by atoms with E-state index in [4.69, 9.17) is 4.74 Å². The molecular formula is C17H21N3O6S. The van der Waals surface area contributed by atoms with Gasteiger partial charge in [0.15, 0.2) is 0 Å². The highest BCUT2D eigenvalue weighted by molar-refractivity contribution is 7.89. The molecule has 0 aliphatic carbocycles. The van der Waals surface area contributed by atoms with Crippen molar-refractivity contribution in [1.29, 1.82) is 0 Å². The van der Waals surface area contributed by atoms with Gasteiger partial charge in [-0.25, -0.2) is 8.42 Å². The van der Waals surface area contributed by atoms with Gasteiger partial charge in [0.1, 0.15) is 12.4 Å². The van der Waals surface area contributed by atoms with Gasteiger partial charge in [-0.3, -0.25) is 14.9 Å². The van der Waals surface area contributed by atoms with Crippen molar-refractivity contribution < 1.29 is 18.1 Å². The van der Waals surface area contributed by atoms with E-state index in [-0.39, 0.29) is 29.3 Å². The maximum absolute atomic E-state index is 12.6. The molecule has 9 nitrogen and oxygen atoms in total. The maximum atomic E-state index is 12.6. The van der Waals surface area contributed by atoms with Crippen LogP contribution in [0.4, 0.5) is 5.69 Å². The minimum absolute atomic E-state index is 0.0288. The number of rotatable bonds is 9. The summed E-state index contributed by atoms with van der Waals surface area (Å²) in [5, 5.41) is 10.8. The molecule has 0 spiro atoms. The quantitative estimate of drug-likeness (QED) is 0.473. The van der Waals surface area contributed by atoms with E-state index < -0.39 is 14.9 Å². The largest absolute Gasteiger partial charge is 0.491 e. The Kier molecular flexibility index (Phi) is 6.70. The zero-order valence-electron chi connectivity index (χ0n) is 15.1. The van der Waals surface area contributed by atoms with Crippen LogP contribution in [-0.2, 0) is 16.6 Å². The number of nitrogens with zero attached hydrogens (tertiary/aromatic N) is 3. The first-order valence-corrected chi connectivity index (χ1v) is 9.81. The summed E-state index contributed by atoms with van der Waals surface area (Å²) in [5.74, 6) is 0.296. The fourth-order valence-electron chi connectivity index (χ4n) is 2.50. The first-order valence-electron chi connectivity index (χ1n) is 8.37. The number of hydrogen-bond donors (Lipinski definition) is 0. The van der Waals surface area contributed by atoms with Crippen LogP contribution in [0.5, 0.6) is 5.75 Å². The first-order chi connectivity index (χ1) is 12.8. The number of non-ortho nitro benzene ring substituents is 1. The molecule has 0 saturated carbocycles. The second kappa shape index (κ2) is 8.78. The monoisotopic (exact) mass is 395 g/mol. The number of nitro groups is 1. The molecule has 0 aliphatic heterocycles. The number of sulfonamides is 1. The Balaban J connectivity index is 2.14. The van der Waals surface area contributed by atoms with E-state index in [1.54, 1.807) is 19.9 Å². The van der Waals surface area contributed by atoms with Gasteiger partial charge in [0.05, 0.1) is 22.4 Å². The molecule has 0 unspecified atom stereocenters. The van der Waals surface area contributed by atoms with Gasteiger partial charge in [-0.05, 0) is 12.1 Å². The summed E-state index contributed by atoms with van der Waals surface area (Å²) >= 11 is 0. The number of benzene rings is 1. The minimum Gasteiger partial charge on any atom is -0.491 e. The summed E-state index contributed by atoms with van der Waals surface area (Å²) in [6.45, 7) is 4.29. The predicted molar refractivity (Wildman–Crippen MR) is 99.4 cm³/mol. The van der Waals surface area contributed by atoms with Crippen molar-refractivity contribution in [3.63, 3.8) is 0 Å². The first kappa shape index (κ1) is 20.6. The smallest absolute Gasteiger partial charge is 0.273 e. The van der Waals surface area contributed by atoms with Crippen molar-refractivity contribution in [2.45, 2.75) is 25.3 Å². The molecule has 1 heterocycles. The lowest BCUT2D eigenvalue weighted by Gasteiger charge is -2.19. The molecular weight excluding hydrogens is 374 g/mol. The number of nitro benzene ring substituents is 1. The molecule has 0 bridgehead atoms. The van der Waals surface area contributed by atoms with Gasteiger partial charge >= 0.3 is 0 Å². The lowest BCUT2D eigenvalue weighted by Crippen LogP contribution is -2.32. The number of ether oxygens (including phenoxy) is 1. The highest BCUT2D eigenvalue weighted by atomic mass is 32.2. The molecule has 0 saturated heterocycles. The summed E-state index contributed by atoms with van der Waals surface area (Å²) in [6, 6.07) is 8.18. The normalized spacial score (nSPS) is 11.5. The summed E-state index contributed by atoms with van der Waals surface area (Å²) in [7, 11) is -3.67. The van der Waals surface area contributed by atoms with Gasteiger partial charge in [0, 0.05) is 31.4 Å². The standard InChI is InChI=1S/C17H21N3O6S/c1-3-19(4-2)27(24,25)16-8-9-17(21)18(13-16)10-11-26-15-7-5-6-14(12-15)20(22)23/h5-9,12-13H,3-4,10-11H2,1-2H3. The Morgan fingerprint density at radius 1 is 1.19 bits per heavy atom. The van der Waals surface area contributed by atoms with E-state index in [0.717, 1.165) is 0 Å². The van der Waals surface area contributed by atoms with E-state index in [9.17, 15) is 23.3 Å². The van der Waals surface area contributed by atoms with E-state index in [2.05, 4.69) is 0 Å². The summed E-state index contributed by atoms with van der Waals surface area (Å²) in [4.78, 5) is 22.3. The number of aromatic nitrogens is 1. The second-order valence-electron chi connectivity index (χ2n) is 5.59. The van der Waals surface area contributed by atoms with Gasteiger partial charge in [-0.15, -0.1) is 0 Å². The SMILES string of the molecule is CCN(CC)S(=O)(=O)c1ccc(=O)n(CCOc2cccc([N+](=O)[O-])c2)c1. The fraction of sp³-hybridized carbons (Fsp3) is 0.353. The van der Waals surface area contributed by atoms with E-state index in [0.29, 0.717) is 18.8 Å². The van der Waals surface area contributed by atoms with Crippen molar-refractivity contribution in [1.82, 2.24) is 8.87 Å². The molecule has 0 fully saturated rings. The Bertz CT molecular complexity index is 967. The van der Waals surface area contributed by atoms with Crippen molar-refractivity contribution in [3.05, 3.63) is 63.1 Å². The Labute approximate surface area is 157 Å². The molecule has 0 radical (unpaired) electrons.